The first-order chi connectivity index (χ1) is 13.3. The van der Waals surface area contributed by atoms with Gasteiger partial charge in [0.05, 0.1) is 6.26 Å². The van der Waals surface area contributed by atoms with E-state index in [2.05, 4.69) is 34.6 Å². The molecule has 0 aliphatic carbocycles. The SMILES string of the molecule is O=C(Nc1ccc2oc(-c3ccc4ccccc4c3)nc2c1)c1ccco1. The van der Waals surface area contributed by atoms with Crippen molar-refractivity contribution < 1.29 is 13.6 Å². The molecule has 5 nitrogen and oxygen atoms in total. The summed E-state index contributed by atoms with van der Waals surface area (Å²) in [6.07, 6.45) is 1.46. The zero-order valence-corrected chi connectivity index (χ0v) is 14.2. The van der Waals surface area contributed by atoms with E-state index in [0.29, 0.717) is 22.7 Å². The molecular formula is C22H14N2O3. The summed E-state index contributed by atoms with van der Waals surface area (Å²) in [5.74, 6) is 0.495. The Hall–Kier alpha value is -3.86. The average Bonchev–Trinajstić information content (AvgIpc) is 3.37. The highest BCUT2D eigenvalue weighted by molar-refractivity contribution is 6.03. The second-order valence-electron chi connectivity index (χ2n) is 6.19. The van der Waals surface area contributed by atoms with Crippen LogP contribution in [0.25, 0.3) is 33.3 Å². The molecule has 1 amide bonds. The van der Waals surface area contributed by atoms with Gasteiger partial charge in [-0.25, -0.2) is 4.98 Å². The first-order valence-electron chi connectivity index (χ1n) is 8.51. The summed E-state index contributed by atoms with van der Waals surface area (Å²) in [7, 11) is 0. The lowest BCUT2D eigenvalue weighted by Crippen LogP contribution is -2.10. The van der Waals surface area contributed by atoms with Crippen LogP contribution in [-0.4, -0.2) is 10.9 Å². The van der Waals surface area contributed by atoms with Crippen LogP contribution < -0.4 is 5.32 Å². The van der Waals surface area contributed by atoms with Gasteiger partial charge >= 0.3 is 0 Å². The van der Waals surface area contributed by atoms with E-state index in [1.807, 2.05) is 18.2 Å². The number of oxazole rings is 1. The minimum atomic E-state index is -0.308. The van der Waals surface area contributed by atoms with Gasteiger partial charge in [-0.2, -0.15) is 0 Å². The van der Waals surface area contributed by atoms with Crippen molar-refractivity contribution in [3.8, 4) is 11.5 Å². The smallest absolute Gasteiger partial charge is 0.291 e. The molecule has 3 aromatic carbocycles. The third-order valence-electron chi connectivity index (χ3n) is 4.39. The van der Waals surface area contributed by atoms with E-state index in [0.717, 1.165) is 10.9 Å². The van der Waals surface area contributed by atoms with Crippen molar-refractivity contribution in [1.29, 1.82) is 0 Å². The largest absolute Gasteiger partial charge is 0.459 e. The number of furan rings is 1. The molecule has 5 rings (SSSR count). The summed E-state index contributed by atoms with van der Waals surface area (Å²) in [5.41, 5.74) is 2.87. The van der Waals surface area contributed by atoms with Crippen LogP contribution in [0.5, 0.6) is 0 Å². The predicted octanol–water partition coefficient (Wildman–Crippen LogP) is 5.49. The van der Waals surface area contributed by atoms with Crippen molar-refractivity contribution in [3.05, 3.63) is 84.8 Å². The number of benzene rings is 3. The van der Waals surface area contributed by atoms with Gasteiger partial charge < -0.3 is 14.2 Å². The quantitative estimate of drug-likeness (QED) is 0.465. The monoisotopic (exact) mass is 354 g/mol. The maximum Gasteiger partial charge on any atom is 0.291 e. The number of hydrogen-bond acceptors (Lipinski definition) is 4. The molecular weight excluding hydrogens is 340 g/mol. The standard InChI is InChI=1S/C22H14N2O3/c25-21(20-6-3-11-26-20)23-17-9-10-19-18(13-17)24-22(27-19)16-8-7-14-4-1-2-5-15(14)12-16/h1-13H,(H,23,25). The Morgan fingerprint density at radius 3 is 2.63 bits per heavy atom. The molecule has 0 saturated heterocycles. The maximum atomic E-state index is 12.1. The first-order valence-corrected chi connectivity index (χ1v) is 8.51. The number of nitrogens with zero attached hydrogens (tertiary/aromatic N) is 1. The number of anilines is 1. The number of fused-ring (bicyclic) bond motifs is 2. The van der Waals surface area contributed by atoms with Gasteiger partial charge in [0, 0.05) is 11.3 Å². The van der Waals surface area contributed by atoms with E-state index in [1.54, 1.807) is 30.3 Å². The fourth-order valence-electron chi connectivity index (χ4n) is 3.05. The van der Waals surface area contributed by atoms with Gasteiger partial charge in [0.1, 0.15) is 5.52 Å². The lowest BCUT2D eigenvalue weighted by Gasteiger charge is -2.01. The number of carbonyl (C=O) groups excluding carboxylic acids is 1. The minimum Gasteiger partial charge on any atom is -0.459 e. The van der Waals surface area contributed by atoms with Crippen molar-refractivity contribution in [1.82, 2.24) is 4.98 Å². The van der Waals surface area contributed by atoms with Gasteiger partial charge in [0.25, 0.3) is 5.91 Å². The molecule has 0 radical (unpaired) electrons. The molecule has 0 aliphatic rings. The normalized spacial score (nSPS) is 11.1. The van der Waals surface area contributed by atoms with Crippen molar-refractivity contribution in [3.63, 3.8) is 0 Å². The number of rotatable bonds is 3. The third-order valence-corrected chi connectivity index (χ3v) is 4.39. The van der Waals surface area contributed by atoms with E-state index >= 15 is 0 Å². The van der Waals surface area contributed by atoms with Crippen LogP contribution in [0.4, 0.5) is 5.69 Å². The highest BCUT2D eigenvalue weighted by Gasteiger charge is 2.12. The summed E-state index contributed by atoms with van der Waals surface area (Å²) in [6, 6.07) is 22.9. The first kappa shape index (κ1) is 15.4. The molecule has 0 aliphatic heterocycles. The summed E-state index contributed by atoms with van der Waals surface area (Å²) in [4.78, 5) is 16.7. The fourth-order valence-corrected chi connectivity index (χ4v) is 3.05. The Morgan fingerprint density at radius 2 is 1.78 bits per heavy atom. The van der Waals surface area contributed by atoms with E-state index in [-0.39, 0.29) is 11.7 Å². The Balaban J connectivity index is 1.48. The number of aromatic nitrogens is 1. The summed E-state index contributed by atoms with van der Waals surface area (Å²) in [5, 5.41) is 5.09. The highest BCUT2D eigenvalue weighted by atomic mass is 16.3. The molecule has 2 heterocycles. The zero-order chi connectivity index (χ0) is 18.2. The minimum absolute atomic E-state index is 0.257. The molecule has 5 aromatic rings. The molecule has 0 unspecified atom stereocenters. The molecule has 130 valence electrons. The maximum absolute atomic E-state index is 12.1. The lowest BCUT2D eigenvalue weighted by atomic mass is 10.1. The molecule has 0 bridgehead atoms. The highest BCUT2D eigenvalue weighted by Crippen LogP contribution is 2.28. The Bertz CT molecular complexity index is 1270. The van der Waals surface area contributed by atoms with Crippen molar-refractivity contribution >= 4 is 33.5 Å². The number of amides is 1. The Morgan fingerprint density at radius 1 is 0.889 bits per heavy atom. The molecule has 0 saturated carbocycles. The molecule has 5 heteroatoms. The van der Waals surface area contributed by atoms with Gasteiger partial charge in [0.2, 0.25) is 5.89 Å². The van der Waals surface area contributed by atoms with Gasteiger partial charge in [-0.3, -0.25) is 4.79 Å². The third kappa shape index (κ3) is 2.85. The number of carbonyl (C=O) groups is 1. The molecule has 2 aromatic heterocycles. The van der Waals surface area contributed by atoms with Gasteiger partial charge in [-0.1, -0.05) is 30.3 Å². The number of nitrogens with one attached hydrogen (secondary N) is 1. The Kier molecular flexibility index (Phi) is 3.50. The predicted molar refractivity (Wildman–Crippen MR) is 104 cm³/mol. The van der Waals surface area contributed by atoms with Crippen molar-refractivity contribution in [2.24, 2.45) is 0 Å². The van der Waals surface area contributed by atoms with Crippen LogP contribution in [0.15, 0.2) is 87.9 Å². The second-order valence-corrected chi connectivity index (χ2v) is 6.19. The van der Waals surface area contributed by atoms with Crippen molar-refractivity contribution in [2.45, 2.75) is 0 Å². The number of hydrogen-bond donors (Lipinski definition) is 1. The topological polar surface area (TPSA) is 68.3 Å². The van der Waals surface area contributed by atoms with E-state index in [9.17, 15) is 4.79 Å². The molecule has 0 atom stereocenters. The van der Waals surface area contributed by atoms with Crippen LogP contribution in [0.2, 0.25) is 0 Å². The van der Waals surface area contributed by atoms with Gasteiger partial charge in [-0.15, -0.1) is 0 Å². The summed E-state index contributed by atoms with van der Waals surface area (Å²) in [6.45, 7) is 0. The average molecular weight is 354 g/mol. The van der Waals surface area contributed by atoms with Gasteiger partial charge in [0.15, 0.2) is 11.3 Å². The van der Waals surface area contributed by atoms with E-state index in [1.165, 1.54) is 11.6 Å². The summed E-state index contributed by atoms with van der Waals surface area (Å²) >= 11 is 0. The van der Waals surface area contributed by atoms with E-state index in [4.69, 9.17) is 8.83 Å². The molecule has 0 fully saturated rings. The van der Waals surface area contributed by atoms with Crippen LogP contribution >= 0.6 is 0 Å². The van der Waals surface area contributed by atoms with Gasteiger partial charge in [-0.05, 0) is 53.2 Å². The summed E-state index contributed by atoms with van der Waals surface area (Å²) < 4.78 is 11.0. The van der Waals surface area contributed by atoms with Crippen LogP contribution in [0.3, 0.4) is 0 Å². The fraction of sp³-hybridized carbons (Fsp3) is 0. The zero-order valence-electron chi connectivity index (χ0n) is 14.2. The Labute approximate surface area is 154 Å². The van der Waals surface area contributed by atoms with Crippen molar-refractivity contribution in [2.75, 3.05) is 5.32 Å². The van der Waals surface area contributed by atoms with Crippen LogP contribution in [0, 0.1) is 0 Å². The molecule has 27 heavy (non-hydrogen) atoms. The van der Waals surface area contributed by atoms with E-state index < -0.39 is 0 Å². The second kappa shape index (κ2) is 6.14. The molecule has 1 N–H and O–H groups in total. The molecule has 0 spiro atoms. The lowest BCUT2D eigenvalue weighted by molar-refractivity contribution is 0.0996. The van der Waals surface area contributed by atoms with Crippen LogP contribution in [-0.2, 0) is 0 Å². The van der Waals surface area contributed by atoms with Crippen LogP contribution in [0.1, 0.15) is 10.6 Å².